The van der Waals surface area contributed by atoms with E-state index in [1.54, 1.807) is 6.20 Å². The molecule has 0 radical (unpaired) electrons. The van der Waals surface area contributed by atoms with Gasteiger partial charge in [0.15, 0.2) is 0 Å². The van der Waals surface area contributed by atoms with Crippen molar-refractivity contribution in [1.29, 1.82) is 0 Å². The van der Waals surface area contributed by atoms with Crippen molar-refractivity contribution >= 4 is 5.69 Å². The van der Waals surface area contributed by atoms with Gasteiger partial charge in [0.1, 0.15) is 0 Å². The van der Waals surface area contributed by atoms with E-state index in [-0.39, 0.29) is 0 Å². The number of hydrogen-bond donors (Lipinski definition) is 1. The number of nitrogens with zero attached hydrogens (tertiary/aromatic N) is 2. The fourth-order valence-electron chi connectivity index (χ4n) is 1.69. The van der Waals surface area contributed by atoms with Gasteiger partial charge in [-0.25, -0.2) is 0 Å². The first-order valence-electron chi connectivity index (χ1n) is 5.07. The largest absolute Gasteiger partial charge is 0.396 e. The predicted molar refractivity (Wildman–Crippen MR) is 61.5 cm³/mol. The third-order valence-electron chi connectivity index (χ3n) is 2.59. The van der Waals surface area contributed by atoms with E-state index in [1.807, 2.05) is 17.8 Å². The first-order chi connectivity index (χ1) is 7.27. The Kier molecular flexibility index (Phi) is 2.72. The van der Waals surface area contributed by atoms with Crippen LogP contribution < -0.4 is 5.73 Å². The molecule has 0 bridgehead atoms. The lowest BCUT2D eigenvalue weighted by molar-refractivity contribution is 0.704. The van der Waals surface area contributed by atoms with Gasteiger partial charge in [-0.15, -0.1) is 0 Å². The van der Waals surface area contributed by atoms with Gasteiger partial charge >= 0.3 is 0 Å². The molecule has 0 aliphatic carbocycles. The molecular formula is C12H15N3. The Bertz CT molecular complexity index is 412. The van der Waals surface area contributed by atoms with Gasteiger partial charge in [0.25, 0.3) is 0 Å². The van der Waals surface area contributed by atoms with Crippen molar-refractivity contribution in [2.75, 3.05) is 5.73 Å². The van der Waals surface area contributed by atoms with Crippen LogP contribution >= 0.6 is 0 Å². The van der Waals surface area contributed by atoms with Crippen LogP contribution in [0, 0.1) is 0 Å². The van der Waals surface area contributed by atoms with Gasteiger partial charge in [0.05, 0.1) is 17.6 Å². The van der Waals surface area contributed by atoms with Crippen molar-refractivity contribution in [1.82, 2.24) is 9.78 Å². The summed E-state index contributed by atoms with van der Waals surface area (Å²) >= 11 is 0. The fourth-order valence-corrected chi connectivity index (χ4v) is 1.69. The molecule has 0 spiro atoms. The zero-order valence-electron chi connectivity index (χ0n) is 8.85. The molecule has 3 nitrogen and oxygen atoms in total. The molecule has 3 heteroatoms. The van der Waals surface area contributed by atoms with Gasteiger partial charge in [-0.1, -0.05) is 30.3 Å². The molecule has 0 fully saturated rings. The molecule has 2 aromatic rings. The minimum absolute atomic E-state index is 0.786. The van der Waals surface area contributed by atoms with E-state index >= 15 is 0 Å². The highest BCUT2D eigenvalue weighted by Gasteiger charge is 2.04. The summed E-state index contributed by atoms with van der Waals surface area (Å²) in [6, 6.07) is 10.4. The SMILES string of the molecule is Cn1ncc(N)c1CCc1ccccc1. The average molecular weight is 201 g/mol. The first kappa shape index (κ1) is 9.77. The van der Waals surface area contributed by atoms with Crippen LogP contribution in [0.5, 0.6) is 0 Å². The minimum atomic E-state index is 0.786. The monoisotopic (exact) mass is 201 g/mol. The zero-order chi connectivity index (χ0) is 10.7. The summed E-state index contributed by atoms with van der Waals surface area (Å²) in [5.41, 5.74) is 9.05. The summed E-state index contributed by atoms with van der Waals surface area (Å²) in [4.78, 5) is 0. The van der Waals surface area contributed by atoms with E-state index in [1.165, 1.54) is 5.56 Å². The van der Waals surface area contributed by atoms with Crippen LogP contribution in [0.3, 0.4) is 0 Å². The van der Waals surface area contributed by atoms with Crippen molar-refractivity contribution in [2.24, 2.45) is 7.05 Å². The molecule has 0 saturated carbocycles. The molecule has 2 rings (SSSR count). The Hall–Kier alpha value is -1.77. The number of nitrogens with two attached hydrogens (primary N) is 1. The molecule has 1 aromatic carbocycles. The van der Waals surface area contributed by atoms with Crippen LogP contribution in [-0.4, -0.2) is 9.78 Å². The Balaban J connectivity index is 2.05. The fraction of sp³-hybridized carbons (Fsp3) is 0.250. The lowest BCUT2D eigenvalue weighted by atomic mass is 10.1. The van der Waals surface area contributed by atoms with Crippen molar-refractivity contribution in [2.45, 2.75) is 12.8 Å². The molecule has 1 heterocycles. The highest BCUT2D eigenvalue weighted by atomic mass is 15.3. The Morgan fingerprint density at radius 2 is 1.93 bits per heavy atom. The number of anilines is 1. The molecule has 2 N–H and O–H groups in total. The molecule has 78 valence electrons. The summed E-state index contributed by atoms with van der Waals surface area (Å²) in [5, 5.41) is 4.12. The van der Waals surface area contributed by atoms with Gasteiger partial charge < -0.3 is 5.73 Å². The molecule has 15 heavy (non-hydrogen) atoms. The molecule has 0 saturated heterocycles. The Morgan fingerprint density at radius 1 is 1.20 bits per heavy atom. The van der Waals surface area contributed by atoms with E-state index in [0.29, 0.717) is 0 Å². The van der Waals surface area contributed by atoms with Crippen LogP contribution in [0.15, 0.2) is 36.5 Å². The highest BCUT2D eigenvalue weighted by Crippen LogP contribution is 2.12. The summed E-state index contributed by atoms with van der Waals surface area (Å²) in [7, 11) is 1.93. The van der Waals surface area contributed by atoms with E-state index in [2.05, 4.69) is 29.4 Å². The Labute approximate surface area is 89.5 Å². The van der Waals surface area contributed by atoms with Crippen molar-refractivity contribution in [3.05, 3.63) is 47.8 Å². The minimum Gasteiger partial charge on any atom is -0.396 e. The maximum atomic E-state index is 5.82. The summed E-state index contributed by atoms with van der Waals surface area (Å²) < 4.78 is 1.85. The molecule has 0 unspecified atom stereocenters. The maximum absolute atomic E-state index is 5.82. The van der Waals surface area contributed by atoms with Crippen LogP contribution in [0.2, 0.25) is 0 Å². The number of benzene rings is 1. The van der Waals surface area contributed by atoms with Gasteiger partial charge in [-0.05, 0) is 18.4 Å². The lowest BCUT2D eigenvalue weighted by Gasteiger charge is -2.03. The normalized spacial score (nSPS) is 10.5. The van der Waals surface area contributed by atoms with E-state index in [4.69, 9.17) is 5.73 Å². The molecule has 1 aromatic heterocycles. The zero-order valence-corrected chi connectivity index (χ0v) is 8.85. The highest BCUT2D eigenvalue weighted by molar-refractivity contribution is 5.41. The van der Waals surface area contributed by atoms with E-state index in [0.717, 1.165) is 24.2 Å². The molecule has 0 amide bonds. The summed E-state index contributed by atoms with van der Waals surface area (Å²) in [6.45, 7) is 0. The van der Waals surface area contributed by atoms with E-state index in [9.17, 15) is 0 Å². The molecule has 0 atom stereocenters. The van der Waals surface area contributed by atoms with E-state index < -0.39 is 0 Å². The number of aromatic nitrogens is 2. The number of hydrogen-bond acceptors (Lipinski definition) is 2. The maximum Gasteiger partial charge on any atom is 0.0733 e. The van der Waals surface area contributed by atoms with Crippen molar-refractivity contribution in [3.63, 3.8) is 0 Å². The molecule has 0 aliphatic heterocycles. The standard InChI is InChI=1S/C12H15N3/c1-15-12(11(13)9-14-15)8-7-10-5-3-2-4-6-10/h2-6,9H,7-8,13H2,1H3. The Morgan fingerprint density at radius 3 is 2.53 bits per heavy atom. The van der Waals surface area contributed by atoms with Gasteiger partial charge in [-0.2, -0.15) is 5.10 Å². The van der Waals surface area contributed by atoms with Gasteiger partial charge in [-0.3, -0.25) is 4.68 Å². The second-order valence-corrected chi connectivity index (χ2v) is 3.66. The quantitative estimate of drug-likeness (QED) is 0.822. The van der Waals surface area contributed by atoms with Gasteiger partial charge in [0, 0.05) is 7.05 Å². The first-order valence-corrected chi connectivity index (χ1v) is 5.07. The van der Waals surface area contributed by atoms with Crippen LogP contribution in [0.1, 0.15) is 11.3 Å². The van der Waals surface area contributed by atoms with Crippen LogP contribution in [-0.2, 0) is 19.9 Å². The summed E-state index contributed by atoms with van der Waals surface area (Å²) in [6.07, 6.45) is 3.65. The van der Waals surface area contributed by atoms with Gasteiger partial charge in [0.2, 0.25) is 0 Å². The second kappa shape index (κ2) is 4.17. The number of nitrogen functional groups attached to an aromatic ring is 1. The van der Waals surface area contributed by atoms with Crippen LogP contribution in [0.25, 0.3) is 0 Å². The lowest BCUT2D eigenvalue weighted by Crippen LogP contribution is -2.02. The molecular weight excluding hydrogens is 186 g/mol. The van der Waals surface area contributed by atoms with Crippen LogP contribution in [0.4, 0.5) is 5.69 Å². The summed E-state index contributed by atoms with van der Waals surface area (Å²) in [5.74, 6) is 0. The van der Waals surface area contributed by atoms with Crippen molar-refractivity contribution in [3.8, 4) is 0 Å². The molecule has 0 aliphatic rings. The number of rotatable bonds is 3. The predicted octanol–water partition coefficient (Wildman–Crippen LogP) is 1.79. The number of aryl methyl sites for hydroxylation is 2. The third-order valence-corrected chi connectivity index (χ3v) is 2.59. The average Bonchev–Trinajstić information content (AvgIpc) is 2.58. The third kappa shape index (κ3) is 2.18. The second-order valence-electron chi connectivity index (χ2n) is 3.66. The topological polar surface area (TPSA) is 43.8 Å². The van der Waals surface area contributed by atoms with Crippen molar-refractivity contribution < 1.29 is 0 Å². The smallest absolute Gasteiger partial charge is 0.0733 e.